The van der Waals surface area contributed by atoms with Gasteiger partial charge in [0.05, 0.1) is 7.11 Å². The number of nitrogens with zero attached hydrogens (tertiary/aromatic N) is 3. The van der Waals surface area contributed by atoms with E-state index in [-0.39, 0.29) is 5.78 Å². The Hall–Kier alpha value is -3.06. The molecule has 0 amide bonds. The fourth-order valence-electron chi connectivity index (χ4n) is 2.49. The van der Waals surface area contributed by atoms with Crippen molar-refractivity contribution in [2.45, 2.75) is 6.92 Å². The van der Waals surface area contributed by atoms with E-state index in [2.05, 4.69) is 15.4 Å². The first-order chi connectivity index (χ1) is 13.1. The van der Waals surface area contributed by atoms with Crippen LogP contribution in [0.3, 0.4) is 0 Å². The number of ether oxygens (including phenoxy) is 1. The Morgan fingerprint density at radius 2 is 1.81 bits per heavy atom. The molecule has 0 fully saturated rings. The number of nitrogens with one attached hydrogen (secondary N) is 1. The lowest BCUT2D eigenvalue weighted by atomic mass is 10.1. The number of anilines is 1. The van der Waals surface area contributed by atoms with Gasteiger partial charge in [0.25, 0.3) is 0 Å². The molecule has 3 aromatic rings. The van der Waals surface area contributed by atoms with Gasteiger partial charge >= 0.3 is 0 Å². The van der Waals surface area contributed by atoms with Gasteiger partial charge in [-0.2, -0.15) is 5.10 Å². The number of thioether (sulfide) groups is 1. The van der Waals surface area contributed by atoms with Gasteiger partial charge in [0.1, 0.15) is 29.1 Å². The lowest BCUT2D eigenvalue weighted by Gasteiger charge is -2.15. The summed E-state index contributed by atoms with van der Waals surface area (Å²) in [5.41, 5.74) is 3.01. The molecule has 2 aromatic carbocycles. The number of methoxy groups -OCH3 is 1. The second kappa shape index (κ2) is 8.55. The van der Waals surface area contributed by atoms with Crippen LogP contribution in [-0.2, 0) is 0 Å². The topological polar surface area (TPSA) is 69.0 Å². The van der Waals surface area contributed by atoms with Crippen LogP contribution in [0, 0.1) is 6.92 Å². The van der Waals surface area contributed by atoms with E-state index in [4.69, 9.17) is 4.74 Å². The number of hydrogen-bond acceptors (Lipinski definition) is 6. The standard InChI is InChI=1S/C20H20N4O2S/c1-14-4-8-16(9-5-14)23-20(27-3)18(24-13-21-12-22-24)19(25)15-6-10-17(26-2)11-7-15/h4-13,23H,1-3H3. The summed E-state index contributed by atoms with van der Waals surface area (Å²) in [5, 5.41) is 8.18. The number of allylic oxidation sites excluding steroid dienone is 1. The summed E-state index contributed by atoms with van der Waals surface area (Å²) in [6.45, 7) is 2.03. The molecule has 6 nitrogen and oxygen atoms in total. The molecule has 0 aliphatic heterocycles. The van der Waals surface area contributed by atoms with E-state index in [0.29, 0.717) is 22.0 Å². The molecule has 27 heavy (non-hydrogen) atoms. The third kappa shape index (κ3) is 4.38. The van der Waals surface area contributed by atoms with Crippen molar-refractivity contribution in [2.24, 2.45) is 0 Å². The molecular formula is C20H20N4O2S. The molecule has 0 radical (unpaired) electrons. The first kappa shape index (κ1) is 18.7. The Labute approximate surface area is 162 Å². The normalized spacial score (nSPS) is 11.7. The Kier molecular flexibility index (Phi) is 5.93. The monoisotopic (exact) mass is 380 g/mol. The first-order valence-electron chi connectivity index (χ1n) is 8.28. The van der Waals surface area contributed by atoms with E-state index in [1.165, 1.54) is 34.7 Å². The minimum atomic E-state index is -0.160. The molecule has 138 valence electrons. The van der Waals surface area contributed by atoms with Crippen molar-refractivity contribution in [3.8, 4) is 5.75 Å². The van der Waals surface area contributed by atoms with E-state index in [1.54, 1.807) is 31.4 Å². The van der Waals surface area contributed by atoms with E-state index < -0.39 is 0 Å². The smallest absolute Gasteiger partial charge is 0.214 e. The summed E-state index contributed by atoms with van der Waals surface area (Å²) in [4.78, 5) is 17.2. The quantitative estimate of drug-likeness (QED) is 0.492. The van der Waals surface area contributed by atoms with Crippen LogP contribution in [0.5, 0.6) is 5.75 Å². The average Bonchev–Trinajstić information content (AvgIpc) is 3.23. The van der Waals surface area contributed by atoms with Gasteiger partial charge in [-0.05, 0) is 49.6 Å². The minimum absolute atomic E-state index is 0.160. The van der Waals surface area contributed by atoms with Crippen LogP contribution >= 0.6 is 11.8 Å². The lowest BCUT2D eigenvalue weighted by Crippen LogP contribution is -2.15. The number of hydrogen-bond donors (Lipinski definition) is 1. The third-order valence-corrected chi connectivity index (χ3v) is 4.65. The number of rotatable bonds is 7. The average molecular weight is 380 g/mol. The van der Waals surface area contributed by atoms with Crippen molar-refractivity contribution in [1.29, 1.82) is 0 Å². The van der Waals surface area contributed by atoms with E-state index in [0.717, 1.165) is 5.69 Å². The second-order valence-corrected chi connectivity index (χ2v) is 6.59. The van der Waals surface area contributed by atoms with Crippen LogP contribution < -0.4 is 10.1 Å². The van der Waals surface area contributed by atoms with Crippen molar-refractivity contribution >= 4 is 28.9 Å². The van der Waals surface area contributed by atoms with Gasteiger partial charge in [0.15, 0.2) is 0 Å². The van der Waals surface area contributed by atoms with Crippen molar-refractivity contribution < 1.29 is 9.53 Å². The van der Waals surface area contributed by atoms with E-state index in [9.17, 15) is 4.79 Å². The van der Waals surface area contributed by atoms with Gasteiger partial charge in [-0.3, -0.25) is 4.79 Å². The van der Waals surface area contributed by atoms with Crippen LogP contribution in [0.15, 0.2) is 66.2 Å². The predicted octanol–water partition coefficient (Wildman–Crippen LogP) is 4.08. The highest BCUT2D eigenvalue weighted by Crippen LogP contribution is 2.26. The van der Waals surface area contributed by atoms with E-state index in [1.807, 2.05) is 37.4 Å². The summed E-state index contributed by atoms with van der Waals surface area (Å²) in [5.74, 6) is 0.535. The largest absolute Gasteiger partial charge is 0.497 e. The van der Waals surface area contributed by atoms with Gasteiger partial charge in [-0.25, -0.2) is 9.67 Å². The molecular weight excluding hydrogens is 360 g/mol. The maximum absolute atomic E-state index is 13.2. The summed E-state index contributed by atoms with van der Waals surface area (Å²) in [6, 6.07) is 15.0. The van der Waals surface area contributed by atoms with Crippen molar-refractivity contribution in [3.05, 3.63) is 77.3 Å². The van der Waals surface area contributed by atoms with Crippen molar-refractivity contribution in [1.82, 2.24) is 14.8 Å². The highest BCUT2D eigenvalue weighted by atomic mass is 32.2. The number of ketones is 1. The molecule has 0 saturated carbocycles. The number of carbonyl (C=O) groups excluding carboxylic acids is 1. The molecule has 1 aromatic heterocycles. The lowest BCUT2D eigenvalue weighted by molar-refractivity contribution is 0.104. The Balaban J connectivity index is 2.03. The molecule has 0 atom stereocenters. The molecule has 0 saturated heterocycles. The highest BCUT2D eigenvalue weighted by molar-refractivity contribution is 8.02. The van der Waals surface area contributed by atoms with E-state index >= 15 is 0 Å². The first-order valence-corrected chi connectivity index (χ1v) is 9.50. The molecule has 1 N–H and O–H groups in total. The maximum atomic E-state index is 13.2. The van der Waals surface area contributed by atoms with Gasteiger partial charge in [-0.1, -0.05) is 17.7 Å². The maximum Gasteiger partial charge on any atom is 0.214 e. The highest BCUT2D eigenvalue weighted by Gasteiger charge is 2.20. The molecule has 0 aliphatic rings. The Bertz CT molecular complexity index is 933. The van der Waals surface area contributed by atoms with Gasteiger partial charge in [0.2, 0.25) is 5.78 Å². The molecule has 0 unspecified atom stereocenters. The summed E-state index contributed by atoms with van der Waals surface area (Å²) in [6.07, 6.45) is 4.84. The molecule has 7 heteroatoms. The van der Waals surface area contributed by atoms with Crippen molar-refractivity contribution in [3.63, 3.8) is 0 Å². The number of carbonyl (C=O) groups is 1. The van der Waals surface area contributed by atoms with Gasteiger partial charge < -0.3 is 10.1 Å². The molecule has 1 heterocycles. The number of Topliss-reactive ketones (excluding diaryl/α,β-unsaturated/α-hetero) is 1. The zero-order chi connectivity index (χ0) is 19.2. The van der Waals surface area contributed by atoms with Gasteiger partial charge in [0, 0.05) is 11.3 Å². The fourth-order valence-corrected chi connectivity index (χ4v) is 3.09. The van der Waals surface area contributed by atoms with Crippen LogP contribution in [0.4, 0.5) is 5.69 Å². The number of aromatic nitrogens is 3. The summed E-state index contributed by atoms with van der Waals surface area (Å²) in [7, 11) is 1.59. The summed E-state index contributed by atoms with van der Waals surface area (Å²) >= 11 is 1.44. The van der Waals surface area contributed by atoms with Crippen LogP contribution in [0.1, 0.15) is 15.9 Å². The fraction of sp³-hybridized carbons (Fsp3) is 0.150. The second-order valence-electron chi connectivity index (χ2n) is 5.77. The molecule has 3 rings (SSSR count). The zero-order valence-corrected chi connectivity index (χ0v) is 16.2. The molecule has 0 bridgehead atoms. The Morgan fingerprint density at radius 3 is 2.37 bits per heavy atom. The predicted molar refractivity (Wildman–Crippen MR) is 109 cm³/mol. The van der Waals surface area contributed by atoms with Crippen molar-refractivity contribution in [2.75, 3.05) is 18.7 Å². The summed E-state index contributed by atoms with van der Waals surface area (Å²) < 4.78 is 6.66. The Morgan fingerprint density at radius 1 is 1.11 bits per heavy atom. The zero-order valence-electron chi connectivity index (χ0n) is 15.3. The number of benzene rings is 2. The van der Waals surface area contributed by atoms with Crippen LogP contribution in [0.25, 0.3) is 5.70 Å². The molecule has 0 spiro atoms. The molecule has 0 aliphatic carbocycles. The van der Waals surface area contributed by atoms with Crippen LogP contribution in [-0.4, -0.2) is 33.9 Å². The van der Waals surface area contributed by atoms with Gasteiger partial charge in [-0.15, -0.1) is 11.8 Å². The minimum Gasteiger partial charge on any atom is -0.497 e. The SMILES string of the molecule is COc1ccc(C(=O)C(=C(Nc2ccc(C)cc2)SC)n2cncn2)cc1. The van der Waals surface area contributed by atoms with Crippen LogP contribution in [0.2, 0.25) is 0 Å². The number of aryl methyl sites for hydroxylation is 1. The third-order valence-electron chi connectivity index (χ3n) is 3.94.